The smallest absolute Gasteiger partial charge is 0.313 e. The molecule has 21 heavy (non-hydrogen) atoms. The molecule has 6 nitrogen and oxygen atoms in total. The molecule has 7 heteroatoms. The second-order valence-corrected chi connectivity index (χ2v) is 5.62. The van der Waals surface area contributed by atoms with Crippen LogP contribution in [0.25, 0.3) is 0 Å². The zero-order chi connectivity index (χ0) is 15.2. The Hall–Kier alpha value is -2.02. The number of benzene rings is 1. The fourth-order valence-corrected chi connectivity index (χ4v) is 2.56. The molecule has 0 unspecified atom stereocenters. The van der Waals surface area contributed by atoms with Crippen LogP contribution in [0.15, 0.2) is 35.5 Å². The maximum absolute atomic E-state index is 10.6. The van der Waals surface area contributed by atoms with Crippen molar-refractivity contribution in [3.8, 4) is 0 Å². The van der Waals surface area contributed by atoms with Crippen LogP contribution in [0.5, 0.6) is 0 Å². The zero-order valence-electron chi connectivity index (χ0n) is 12.1. The highest BCUT2D eigenvalue weighted by Crippen LogP contribution is 2.19. The standard InChI is InChI=1S/C14H18N4O2S/c1-17(9-8-11-6-4-3-5-7-11)13-15-16-14(18(13)2)21-10-12(19)20/h3-7H,8-10H2,1-2H3,(H,19,20). The summed E-state index contributed by atoms with van der Waals surface area (Å²) in [7, 11) is 3.80. The third-order valence-corrected chi connectivity index (χ3v) is 4.06. The normalized spacial score (nSPS) is 10.6. The molecule has 0 saturated heterocycles. The average molecular weight is 306 g/mol. The maximum atomic E-state index is 10.6. The minimum absolute atomic E-state index is 0.0142. The van der Waals surface area contributed by atoms with Crippen LogP contribution < -0.4 is 4.90 Å². The summed E-state index contributed by atoms with van der Waals surface area (Å²) in [6.45, 7) is 0.819. The van der Waals surface area contributed by atoms with Crippen LogP contribution in [0.4, 0.5) is 5.95 Å². The van der Waals surface area contributed by atoms with Crippen molar-refractivity contribution in [1.82, 2.24) is 14.8 Å². The third kappa shape index (κ3) is 4.22. The molecule has 0 radical (unpaired) electrons. The number of hydrogen-bond donors (Lipinski definition) is 1. The Labute approximate surface area is 127 Å². The molecule has 0 spiro atoms. The van der Waals surface area contributed by atoms with Crippen molar-refractivity contribution in [3.63, 3.8) is 0 Å². The van der Waals surface area contributed by atoms with E-state index >= 15 is 0 Å². The van der Waals surface area contributed by atoms with Gasteiger partial charge in [0.05, 0.1) is 5.75 Å². The van der Waals surface area contributed by atoms with Gasteiger partial charge in [-0.3, -0.25) is 9.36 Å². The van der Waals surface area contributed by atoms with Crippen molar-refractivity contribution in [2.75, 3.05) is 24.2 Å². The lowest BCUT2D eigenvalue weighted by molar-refractivity contribution is -0.133. The molecule has 0 saturated carbocycles. The van der Waals surface area contributed by atoms with Gasteiger partial charge in [-0.25, -0.2) is 0 Å². The van der Waals surface area contributed by atoms with Gasteiger partial charge in [-0.1, -0.05) is 42.1 Å². The predicted octanol–water partition coefficient (Wildman–Crippen LogP) is 1.67. The molecule has 0 aliphatic carbocycles. The summed E-state index contributed by atoms with van der Waals surface area (Å²) in [6.07, 6.45) is 0.918. The number of aliphatic carboxylic acids is 1. The SMILES string of the molecule is CN(CCc1ccccc1)c1nnc(SCC(=O)O)n1C. The molecule has 0 bridgehead atoms. The van der Waals surface area contributed by atoms with Gasteiger partial charge in [0.2, 0.25) is 5.95 Å². The molecule has 112 valence electrons. The van der Waals surface area contributed by atoms with Crippen molar-refractivity contribution in [2.24, 2.45) is 7.05 Å². The first kappa shape index (κ1) is 15.4. The molecule has 0 fully saturated rings. The second kappa shape index (κ2) is 7.12. The number of carboxylic acids is 1. The van der Waals surface area contributed by atoms with Gasteiger partial charge in [-0.05, 0) is 12.0 Å². The Balaban J connectivity index is 1.96. The summed E-state index contributed by atoms with van der Waals surface area (Å²) >= 11 is 1.17. The van der Waals surface area contributed by atoms with E-state index in [2.05, 4.69) is 22.3 Å². The highest BCUT2D eigenvalue weighted by atomic mass is 32.2. The Kier molecular flexibility index (Phi) is 5.21. The number of aromatic nitrogens is 3. The first-order valence-corrected chi connectivity index (χ1v) is 7.55. The first-order chi connectivity index (χ1) is 10.1. The summed E-state index contributed by atoms with van der Waals surface area (Å²) < 4.78 is 1.82. The lowest BCUT2D eigenvalue weighted by atomic mass is 10.1. The van der Waals surface area contributed by atoms with Crippen LogP contribution in [0.2, 0.25) is 0 Å². The number of hydrogen-bond acceptors (Lipinski definition) is 5. The molecule has 0 aliphatic rings. The van der Waals surface area contributed by atoms with Crippen LogP contribution in [0.3, 0.4) is 0 Å². The van der Waals surface area contributed by atoms with E-state index in [0.717, 1.165) is 18.9 Å². The fourth-order valence-electron chi connectivity index (χ4n) is 1.93. The summed E-state index contributed by atoms with van der Waals surface area (Å²) in [4.78, 5) is 12.6. The number of rotatable bonds is 7. The van der Waals surface area contributed by atoms with E-state index in [1.165, 1.54) is 17.3 Å². The van der Waals surface area contributed by atoms with Gasteiger partial charge in [-0.15, -0.1) is 10.2 Å². The molecule has 1 aromatic carbocycles. The van der Waals surface area contributed by atoms with Gasteiger partial charge in [0, 0.05) is 20.6 Å². The Morgan fingerprint density at radius 3 is 2.71 bits per heavy atom. The van der Waals surface area contributed by atoms with Crippen LogP contribution in [0, 0.1) is 0 Å². The lowest BCUT2D eigenvalue weighted by Crippen LogP contribution is -2.23. The molecule has 0 amide bonds. The Morgan fingerprint density at radius 1 is 1.33 bits per heavy atom. The van der Waals surface area contributed by atoms with Gasteiger partial charge < -0.3 is 10.0 Å². The second-order valence-electron chi connectivity index (χ2n) is 4.68. The summed E-state index contributed by atoms with van der Waals surface area (Å²) in [5.41, 5.74) is 1.27. The number of likely N-dealkylation sites (N-methyl/N-ethyl adjacent to an activating group) is 1. The first-order valence-electron chi connectivity index (χ1n) is 6.57. The number of carbonyl (C=O) groups is 1. The van der Waals surface area contributed by atoms with Crippen molar-refractivity contribution in [3.05, 3.63) is 35.9 Å². The highest BCUT2D eigenvalue weighted by Gasteiger charge is 2.14. The van der Waals surface area contributed by atoms with E-state index in [9.17, 15) is 4.79 Å². The van der Waals surface area contributed by atoms with Gasteiger partial charge >= 0.3 is 5.97 Å². The molecular weight excluding hydrogens is 288 g/mol. The molecule has 1 heterocycles. The van der Waals surface area contributed by atoms with Crippen LogP contribution in [-0.2, 0) is 18.3 Å². The fraction of sp³-hybridized carbons (Fsp3) is 0.357. The Bertz CT molecular complexity index is 600. The molecule has 1 N–H and O–H groups in total. The highest BCUT2D eigenvalue weighted by molar-refractivity contribution is 7.99. The van der Waals surface area contributed by atoms with Crippen molar-refractivity contribution in [2.45, 2.75) is 11.6 Å². The summed E-state index contributed by atoms with van der Waals surface area (Å²) in [5, 5.41) is 17.5. The summed E-state index contributed by atoms with van der Waals surface area (Å²) in [6, 6.07) is 10.2. The zero-order valence-corrected chi connectivity index (χ0v) is 12.9. The maximum Gasteiger partial charge on any atom is 0.313 e. The van der Waals surface area contributed by atoms with Crippen molar-refractivity contribution < 1.29 is 9.90 Å². The largest absolute Gasteiger partial charge is 0.481 e. The summed E-state index contributed by atoms with van der Waals surface area (Å²) in [5.74, 6) is -0.138. The minimum Gasteiger partial charge on any atom is -0.481 e. The van der Waals surface area contributed by atoms with Crippen LogP contribution in [0.1, 0.15) is 5.56 Å². The monoisotopic (exact) mass is 306 g/mol. The van der Waals surface area contributed by atoms with Crippen LogP contribution >= 0.6 is 11.8 Å². The quantitative estimate of drug-likeness (QED) is 0.785. The molecule has 0 atom stereocenters. The van der Waals surface area contributed by atoms with Crippen molar-refractivity contribution >= 4 is 23.7 Å². The topological polar surface area (TPSA) is 71.2 Å². The van der Waals surface area contributed by atoms with Gasteiger partial charge in [0.1, 0.15) is 0 Å². The minimum atomic E-state index is -0.859. The van der Waals surface area contributed by atoms with E-state index in [0.29, 0.717) is 5.16 Å². The number of carboxylic acid groups (broad SMARTS) is 1. The Morgan fingerprint density at radius 2 is 2.05 bits per heavy atom. The molecule has 2 rings (SSSR count). The average Bonchev–Trinajstić information content (AvgIpc) is 2.85. The number of thioether (sulfide) groups is 1. The third-order valence-electron chi connectivity index (χ3n) is 3.06. The van der Waals surface area contributed by atoms with Gasteiger partial charge in [-0.2, -0.15) is 0 Å². The van der Waals surface area contributed by atoms with E-state index < -0.39 is 5.97 Å². The van der Waals surface area contributed by atoms with Gasteiger partial charge in [0.15, 0.2) is 5.16 Å². The molecule has 0 aliphatic heterocycles. The lowest BCUT2D eigenvalue weighted by Gasteiger charge is -2.17. The van der Waals surface area contributed by atoms with E-state index in [4.69, 9.17) is 5.11 Å². The van der Waals surface area contributed by atoms with E-state index in [1.807, 2.05) is 41.8 Å². The van der Waals surface area contributed by atoms with E-state index in [1.54, 1.807) is 0 Å². The molecule has 2 aromatic rings. The van der Waals surface area contributed by atoms with Gasteiger partial charge in [0.25, 0.3) is 0 Å². The van der Waals surface area contributed by atoms with E-state index in [-0.39, 0.29) is 5.75 Å². The number of anilines is 1. The molecular formula is C14H18N4O2S. The predicted molar refractivity (Wildman–Crippen MR) is 82.8 cm³/mol. The van der Waals surface area contributed by atoms with Crippen molar-refractivity contribution in [1.29, 1.82) is 0 Å². The number of nitrogens with zero attached hydrogens (tertiary/aromatic N) is 4. The molecule has 1 aromatic heterocycles. The van der Waals surface area contributed by atoms with Crippen LogP contribution in [-0.4, -0.2) is 45.2 Å².